The number of pyridine rings is 1. The highest BCUT2D eigenvalue weighted by Gasteiger charge is 2.15. The monoisotopic (exact) mass is 377 g/mol. The number of fused-ring (bicyclic) bond motifs is 1. The van der Waals surface area contributed by atoms with Crippen LogP contribution in [0.15, 0.2) is 54.6 Å². The summed E-state index contributed by atoms with van der Waals surface area (Å²) in [6.07, 6.45) is 0. The molecule has 1 aromatic heterocycles. The van der Waals surface area contributed by atoms with Crippen molar-refractivity contribution in [2.24, 2.45) is 0 Å². The average molecular weight is 377 g/mol. The zero-order chi connectivity index (χ0) is 20.1. The smallest absolute Gasteiger partial charge is 0.340 e. The number of rotatable bonds is 4. The van der Waals surface area contributed by atoms with Crippen LogP contribution in [0, 0.1) is 13.8 Å². The fourth-order valence-electron chi connectivity index (χ4n) is 2.63. The molecule has 0 aliphatic rings. The number of hydrazine groups is 1. The Morgan fingerprint density at radius 1 is 0.964 bits per heavy atom. The number of hydrogen-bond donors (Lipinski definition) is 2. The number of esters is 1. The molecule has 2 N–H and O–H groups in total. The quantitative estimate of drug-likeness (QED) is 0.538. The number of amides is 2. The van der Waals surface area contributed by atoms with Crippen molar-refractivity contribution >= 4 is 28.7 Å². The molecule has 2 aromatic carbocycles. The molecule has 0 saturated carbocycles. The number of nitrogens with zero attached hydrogens (tertiary/aromatic N) is 1. The summed E-state index contributed by atoms with van der Waals surface area (Å²) in [6, 6.07) is 15.9. The summed E-state index contributed by atoms with van der Waals surface area (Å²) in [6.45, 7) is 3.13. The molecule has 28 heavy (non-hydrogen) atoms. The molecule has 0 atom stereocenters. The number of aromatic nitrogens is 1. The Hall–Kier alpha value is -3.74. The summed E-state index contributed by atoms with van der Waals surface area (Å²) < 4.78 is 5.05. The topological polar surface area (TPSA) is 97.4 Å². The molecule has 7 nitrogen and oxygen atoms in total. The first-order chi connectivity index (χ1) is 13.4. The average Bonchev–Trinajstić information content (AvgIpc) is 2.70. The van der Waals surface area contributed by atoms with Gasteiger partial charge in [-0.15, -0.1) is 0 Å². The number of nitrogens with one attached hydrogen (secondary N) is 2. The lowest BCUT2D eigenvalue weighted by Crippen LogP contribution is -2.43. The molecule has 2 amide bonds. The Kier molecular flexibility index (Phi) is 5.64. The van der Waals surface area contributed by atoms with Gasteiger partial charge in [0.2, 0.25) is 0 Å². The van der Waals surface area contributed by atoms with Crippen LogP contribution in [0.25, 0.3) is 10.9 Å². The lowest BCUT2D eigenvalue weighted by molar-refractivity contribution is -0.125. The second kappa shape index (κ2) is 8.30. The van der Waals surface area contributed by atoms with Crippen LogP contribution >= 0.6 is 0 Å². The summed E-state index contributed by atoms with van der Waals surface area (Å²) in [5, 5.41) is 0.817. The van der Waals surface area contributed by atoms with Crippen LogP contribution < -0.4 is 10.9 Å². The molecule has 7 heteroatoms. The van der Waals surface area contributed by atoms with Gasteiger partial charge in [0.05, 0.1) is 16.8 Å². The number of hydrogen-bond acceptors (Lipinski definition) is 5. The van der Waals surface area contributed by atoms with Crippen molar-refractivity contribution in [1.82, 2.24) is 15.8 Å². The first-order valence-corrected chi connectivity index (χ1v) is 8.63. The van der Waals surface area contributed by atoms with Gasteiger partial charge in [-0.2, -0.15) is 0 Å². The summed E-state index contributed by atoms with van der Waals surface area (Å²) in [7, 11) is 0. The molecule has 0 unspecified atom stereocenters. The van der Waals surface area contributed by atoms with Crippen LogP contribution in [-0.4, -0.2) is 29.4 Å². The van der Waals surface area contributed by atoms with E-state index in [4.69, 9.17) is 4.74 Å². The third-order valence-electron chi connectivity index (χ3n) is 4.07. The number of carbonyl (C=O) groups excluding carboxylic acids is 3. The lowest BCUT2D eigenvalue weighted by Gasteiger charge is -2.10. The summed E-state index contributed by atoms with van der Waals surface area (Å²) in [5.41, 5.74) is 7.50. The van der Waals surface area contributed by atoms with Gasteiger partial charge in [0, 0.05) is 10.9 Å². The molecule has 0 spiro atoms. The van der Waals surface area contributed by atoms with Crippen LogP contribution in [-0.2, 0) is 9.53 Å². The van der Waals surface area contributed by atoms with Crippen molar-refractivity contribution in [3.8, 4) is 0 Å². The number of aryl methyl sites for hydroxylation is 2. The van der Waals surface area contributed by atoms with Crippen LogP contribution in [0.2, 0.25) is 0 Å². The van der Waals surface area contributed by atoms with E-state index in [-0.39, 0.29) is 0 Å². The van der Waals surface area contributed by atoms with Gasteiger partial charge >= 0.3 is 5.97 Å². The van der Waals surface area contributed by atoms with Gasteiger partial charge in [-0.1, -0.05) is 29.8 Å². The molecule has 0 radical (unpaired) electrons. The zero-order valence-corrected chi connectivity index (χ0v) is 15.5. The Labute approximate surface area is 161 Å². The van der Waals surface area contributed by atoms with Crippen molar-refractivity contribution in [2.45, 2.75) is 13.8 Å². The molecule has 0 fully saturated rings. The fourth-order valence-corrected chi connectivity index (χ4v) is 2.63. The first-order valence-electron chi connectivity index (χ1n) is 8.63. The Balaban J connectivity index is 1.57. The molecular weight excluding hydrogens is 358 g/mol. The van der Waals surface area contributed by atoms with Crippen molar-refractivity contribution in [1.29, 1.82) is 0 Å². The highest BCUT2D eigenvalue weighted by Crippen LogP contribution is 2.18. The predicted molar refractivity (Wildman–Crippen MR) is 104 cm³/mol. The van der Waals surface area contributed by atoms with Crippen LogP contribution in [0.4, 0.5) is 0 Å². The number of benzene rings is 2. The third kappa shape index (κ3) is 4.50. The van der Waals surface area contributed by atoms with Gasteiger partial charge in [0.1, 0.15) is 0 Å². The maximum absolute atomic E-state index is 12.3. The van der Waals surface area contributed by atoms with E-state index in [2.05, 4.69) is 15.8 Å². The zero-order valence-electron chi connectivity index (χ0n) is 15.5. The van der Waals surface area contributed by atoms with E-state index >= 15 is 0 Å². The standard InChI is InChI=1S/C21H19N3O4/c1-13-8-9-18-16(10-13)11-17(14(2)22-18)21(27)28-12-19(25)23-24-20(26)15-6-4-3-5-7-15/h3-11H,12H2,1-2H3,(H,23,25)(H,24,26). The molecule has 0 aliphatic heterocycles. The van der Waals surface area contributed by atoms with Crippen molar-refractivity contribution in [3.63, 3.8) is 0 Å². The highest BCUT2D eigenvalue weighted by atomic mass is 16.5. The highest BCUT2D eigenvalue weighted by molar-refractivity contribution is 5.97. The maximum atomic E-state index is 12.3. The molecule has 1 heterocycles. The Bertz CT molecular complexity index is 1050. The number of ether oxygens (including phenoxy) is 1. The van der Waals surface area contributed by atoms with E-state index in [9.17, 15) is 14.4 Å². The number of carbonyl (C=O) groups is 3. The molecule has 3 aromatic rings. The minimum Gasteiger partial charge on any atom is -0.452 e. The van der Waals surface area contributed by atoms with E-state index in [1.165, 1.54) is 0 Å². The van der Waals surface area contributed by atoms with Crippen LogP contribution in [0.1, 0.15) is 32.0 Å². The molecule has 0 saturated heterocycles. The summed E-state index contributed by atoms with van der Waals surface area (Å²) in [4.78, 5) is 40.4. The van der Waals surface area contributed by atoms with Crippen molar-refractivity contribution < 1.29 is 19.1 Å². The fraction of sp³-hybridized carbons (Fsp3) is 0.143. The van der Waals surface area contributed by atoms with E-state index in [1.54, 1.807) is 43.3 Å². The lowest BCUT2D eigenvalue weighted by atomic mass is 10.1. The van der Waals surface area contributed by atoms with Gasteiger partial charge in [0.15, 0.2) is 6.61 Å². The van der Waals surface area contributed by atoms with E-state index in [0.717, 1.165) is 16.5 Å². The van der Waals surface area contributed by atoms with Gasteiger partial charge in [-0.25, -0.2) is 4.79 Å². The Morgan fingerprint density at radius 2 is 1.71 bits per heavy atom. The van der Waals surface area contributed by atoms with Crippen molar-refractivity contribution in [3.05, 3.63) is 77.0 Å². The van der Waals surface area contributed by atoms with E-state index in [0.29, 0.717) is 16.8 Å². The predicted octanol–water partition coefficient (Wildman–Crippen LogP) is 2.47. The minimum absolute atomic E-state index is 0.291. The SMILES string of the molecule is Cc1ccc2nc(C)c(C(=O)OCC(=O)NNC(=O)c3ccccc3)cc2c1. The first kappa shape index (κ1) is 19.0. The summed E-state index contributed by atoms with van der Waals surface area (Å²) in [5.74, 6) is -1.77. The third-order valence-corrected chi connectivity index (χ3v) is 4.07. The van der Waals surface area contributed by atoms with Gasteiger partial charge < -0.3 is 4.74 Å². The van der Waals surface area contributed by atoms with Crippen LogP contribution in [0.3, 0.4) is 0 Å². The second-order valence-corrected chi connectivity index (χ2v) is 6.26. The van der Waals surface area contributed by atoms with Crippen LogP contribution in [0.5, 0.6) is 0 Å². The summed E-state index contributed by atoms with van der Waals surface area (Å²) >= 11 is 0. The van der Waals surface area contributed by atoms with E-state index < -0.39 is 24.4 Å². The van der Waals surface area contributed by atoms with Gasteiger partial charge in [-0.05, 0) is 44.2 Å². The Morgan fingerprint density at radius 3 is 2.46 bits per heavy atom. The normalized spacial score (nSPS) is 10.4. The van der Waals surface area contributed by atoms with Crippen molar-refractivity contribution in [2.75, 3.05) is 6.61 Å². The maximum Gasteiger partial charge on any atom is 0.340 e. The molecule has 142 valence electrons. The second-order valence-electron chi connectivity index (χ2n) is 6.26. The molecule has 0 aliphatic carbocycles. The van der Waals surface area contributed by atoms with E-state index in [1.807, 2.05) is 25.1 Å². The largest absolute Gasteiger partial charge is 0.452 e. The van der Waals surface area contributed by atoms with Gasteiger partial charge in [-0.3, -0.25) is 25.4 Å². The molecule has 3 rings (SSSR count). The van der Waals surface area contributed by atoms with Gasteiger partial charge in [0.25, 0.3) is 11.8 Å². The molecular formula is C21H19N3O4. The minimum atomic E-state index is -0.655. The molecule has 0 bridgehead atoms.